The Labute approximate surface area is 518 Å². The van der Waals surface area contributed by atoms with Crippen molar-refractivity contribution in [3.8, 4) is 0 Å². The van der Waals surface area contributed by atoms with Crippen molar-refractivity contribution in [2.24, 2.45) is 0 Å². The van der Waals surface area contributed by atoms with E-state index in [4.69, 9.17) is 9.47 Å². The lowest BCUT2D eigenvalue weighted by Crippen LogP contribution is -2.28. The van der Waals surface area contributed by atoms with E-state index in [1.165, 1.54) is 116 Å². The van der Waals surface area contributed by atoms with E-state index in [1.54, 1.807) is 0 Å². The van der Waals surface area contributed by atoms with Crippen LogP contribution in [0, 0.1) is 0 Å². The molecule has 0 aromatic heterocycles. The molecule has 472 valence electrons. The van der Waals surface area contributed by atoms with Crippen molar-refractivity contribution in [2.45, 2.75) is 290 Å². The topological polar surface area (TPSA) is 72.8 Å². The molecule has 0 amide bonds. The van der Waals surface area contributed by atoms with Crippen LogP contribution in [0.5, 0.6) is 0 Å². The van der Waals surface area contributed by atoms with Crippen LogP contribution in [-0.2, 0) is 19.1 Å². The van der Waals surface area contributed by atoms with Gasteiger partial charge in [-0.3, -0.25) is 9.59 Å². The Morgan fingerprint density at radius 1 is 0.274 bits per heavy atom. The summed E-state index contributed by atoms with van der Waals surface area (Å²) in [6.07, 6.45) is 113. The first-order valence-electron chi connectivity index (χ1n) is 34.3. The van der Waals surface area contributed by atoms with E-state index in [9.17, 15) is 14.7 Å². The Hall–Kier alpha value is -5.00. The van der Waals surface area contributed by atoms with E-state index in [2.05, 4.69) is 196 Å². The van der Waals surface area contributed by atoms with Crippen LogP contribution >= 0.6 is 0 Å². The summed E-state index contributed by atoms with van der Waals surface area (Å²) in [5.41, 5.74) is 0. The fourth-order valence-electron chi connectivity index (χ4n) is 9.14. The first-order valence-corrected chi connectivity index (χ1v) is 34.3. The van der Waals surface area contributed by atoms with Crippen LogP contribution in [-0.4, -0.2) is 36.4 Å². The minimum Gasteiger partial charge on any atom is -0.462 e. The quantitative estimate of drug-likeness (QED) is 0.0373. The van der Waals surface area contributed by atoms with Crippen molar-refractivity contribution < 1.29 is 24.2 Å². The van der Waals surface area contributed by atoms with E-state index >= 15 is 0 Å². The average Bonchev–Trinajstić information content (AvgIpc) is 3.51. The molecule has 0 spiro atoms. The van der Waals surface area contributed by atoms with E-state index in [1.807, 2.05) is 0 Å². The highest BCUT2D eigenvalue weighted by Crippen LogP contribution is 2.16. The Kier molecular flexibility index (Phi) is 68.0. The van der Waals surface area contributed by atoms with Gasteiger partial charge in [0.05, 0.1) is 6.61 Å². The lowest BCUT2D eigenvalue weighted by molar-refractivity contribution is -0.161. The molecule has 0 saturated carbocycles. The van der Waals surface area contributed by atoms with Gasteiger partial charge in [-0.05, 0) is 135 Å². The molecule has 1 N–H and O–H groups in total. The smallest absolute Gasteiger partial charge is 0.306 e. The molecule has 5 heteroatoms. The van der Waals surface area contributed by atoms with Crippen molar-refractivity contribution in [3.63, 3.8) is 0 Å². The number of rotatable bonds is 61. The van der Waals surface area contributed by atoms with Crippen LogP contribution in [0.3, 0.4) is 0 Å². The fraction of sp³-hybridized carbons (Fsp3) is 0.595. The third-order valence-electron chi connectivity index (χ3n) is 14.2. The zero-order valence-corrected chi connectivity index (χ0v) is 54.1. The molecule has 0 saturated heterocycles. The van der Waals surface area contributed by atoms with Crippen molar-refractivity contribution in [3.05, 3.63) is 182 Å². The maximum atomic E-state index is 12.4. The van der Waals surface area contributed by atoms with E-state index in [0.717, 1.165) is 141 Å². The zero-order valence-electron chi connectivity index (χ0n) is 54.1. The molecule has 0 aromatic rings. The number of allylic oxidation sites excluding steroid dienone is 30. The number of carbonyl (C=O) groups excluding carboxylic acids is 2. The monoisotopic (exact) mass is 1150 g/mol. The number of aliphatic hydroxyl groups excluding tert-OH is 1. The van der Waals surface area contributed by atoms with E-state index in [0.29, 0.717) is 12.8 Å². The van der Waals surface area contributed by atoms with Crippen molar-refractivity contribution in [2.75, 3.05) is 13.2 Å². The number of esters is 2. The standard InChI is InChI=1S/C79H126O5/c1-3-5-7-9-11-13-15-17-19-21-23-25-27-29-31-33-34-35-36-37-38-39-40-41-42-43-44-46-48-50-52-54-56-58-60-62-64-66-68-70-72-74-79(82)84-77(75-80)76-83-78(81)73-71-69-67-65-63-61-59-57-55-53-51-49-47-45-32-30-28-26-24-22-20-18-16-14-12-10-8-6-4-2/h5-8,11-14,17-20,23-26,29,31,34-35,37-38,40-41,43-44,48,50,54,56,77,80H,3-4,9-10,15-16,21-22,27-28,30,32-33,36,39,42,45-47,49,51-53,55,57-76H2,1-2H3/b7-5-,8-6-,13-11-,14-12-,19-17-,20-18-,25-23-,26-24-,31-29-,35-34-,38-37-,41-40-,44-43-,50-48-,56-54-. The molecule has 0 aliphatic rings. The molecule has 1 atom stereocenters. The summed E-state index contributed by atoms with van der Waals surface area (Å²) < 4.78 is 10.7. The second-order valence-corrected chi connectivity index (χ2v) is 22.1. The average molecular weight is 1160 g/mol. The first kappa shape index (κ1) is 79.0. The molecule has 0 rings (SSSR count). The summed E-state index contributed by atoms with van der Waals surface area (Å²) in [7, 11) is 0. The normalized spacial score (nSPS) is 13.4. The molecule has 84 heavy (non-hydrogen) atoms. The van der Waals surface area contributed by atoms with Crippen LogP contribution < -0.4 is 0 Å². The molecule has 0 fully saturated rings. The Morgan fingerprint density at radius 3 is 0.714 bits per heavy atom. The van der Waals surface area contributed by atoms with Crippen molar-refractivity contribution in [1.29, 1.82) is 0 Å². The second kappa shape index (κ2) is 72.3. The lowest BCUT2D eigenvalue weighted by atomic mass is 10.0. The highest BCUT2D eigenvalue weighted by molar-refractivity contribution is 5.70. The second-order valence-electron chi connectivity index (χ2n) is 22.1. The highest BCUT2D eigenvalue weighted by Gasteiger charge is 2.16. The molecule has 0 radical (unpaired) electrons. The van der Waals surface area contributed by atoms with Crippen LogP contribution in [0.4, 0.5) is 0 Å². The van der Waals surface area contributed by atoms with Gasteiger partial charge in [-0.2, -0.15) is 0 Å². The van der Waals surface area contributed by atoms with Crippen LogP contribution in [0.25, 0.3) is 0 Å². The largest absolute Gasteiger partial charge is 0.462 e. The predicted octanol–water partition coefficient (Wildman–Crippen LogP) is 24.2. The first-order chi connectivity index (χ1) is 41.6. The van der Waals surface area contributed by atoms with Gasteiger partial charge in [0.2, 0.25) is 0 Å². The number of hydrogen-bond donors (Lipinski definition) is 1. The number of aliphatic hydroxyl groups is 1. The van der Waals surface area contributed by atoms with Gasteiger partial charge in [-0.15, -0.1) is 0 Å². The molecular weight excluding hydrogens is 1030 g/mol. The van der Waals surface area contributed by atoms with Gasteiger partial charge >= 0.3 is 11.9 Å². The van der Waals surface area contributed by atoms with Gasteiger partial charge < -0.3 is 14.6 Å². The van der Waals surface area contributed by atoms with Gasteiger partial charge in [-0.1, -0.05) is 318 Å². The number of ether oxygens (including phenoxy) is 2. The maximum absolute atomic E-state index is 12.4. The predicted molar refractivity (Wildman–Crippen MR) is 370 cm³/mol. The minimum absolute atomic E-state index is 0.0792. The summed E-state index contributed by atoms with van der Waals surface area (Å²) in [5.74, 6) is -0.608. The fourth-order valence-corrected chi connectivity index (χ4v) is 9.14. The van der Waals surface area contributed by atoms with Gasteiger partial charge in [0.1, 0.15) is 6.61 Å². The highest BCUT2D eigenvalue weighted by atomic mass is 16.6. The van der Waals surface area contributed by atoms with Gasteiger partial charge in [-0.25, -0.2) is 0 Å². The molecule has 0 bridgehead atoms. The van der Waals surface area contributed by atoms with Gasteiger partial charge in [0, 0.05) is 12.8 Å². The number of carbonyl (C=O) groups is 2. The molecular formula is C79H126O5. The zero-order chi connectivity index (χ0) is 60.5. The van der Waals surface area contributed by atoms with E-state index < -0.39 is 6.10 Å². The van der Waals surface area contributed by atoms with E-state index in [-0.39, 0.29) is 25.2 Å². The SMILES string of the molecule is CC/C=C\C/C=C\C/C=C\C/C=C\C/C=C\C/C=C\C/C=C\C/C=C\C/C=C\C/C=C\C/C=C\CCCCCCCCCC(=O)OC(CO)COC(=O)CCCCCCCCCCCCCCCCCC/C=C\C/C=C\C/C=C\C/C=C\CC. The summed E-state index contributed by atoms with van der Waals surface area (Å²) in [6, 6.07) is 0. The summed E-state index contributed by atoms with van der Waals surface area (Å²) in [4.78, 5) is 24.6. The Balaban J connectivity index is 3.59. The third-order valence-corrected chi connectivity index (χ3v) is 14.2. The van der Waals surface area contributed by atoms with Crippen LogP contribution in [0.15, 0.2) is 182 Å². The molecule has 0 aliphatic heterocycles. The van der Waals surface area contributed by atoms with Gasteiger partial charge in [0.15, 0.2) is 6.10 Å². The van der Waals surface area contributed by atoms with Crippen molar-refractivity contribution in [1.82, 2.24) is 0 Å². The Bertz CT molecular complexity index is 1890. The lowest BCUT2D eigenvalue weighted by Gasteiger charge is -2.15. The molecule has 1 unspecified atom stereocenters. The number of hydrogen-bond acceptors (Lipinski definition) is 5. The van der Waals surface area contributed by atoms with Gasteiger partial charge in [0.25, 0.3) is 0 Å². The minimum atomic E-state index is -0.792. The summed E-state index contributed by atoms with van der Waals surface area (Å²) in [6.45, 7) is 3.91. The number of unbranched alkanes of at least 4 members (excludes halogenated alkanes) is 23. The Morgan fingerprint density at radius 2 is 0.476 bits per heavy atom. The molecule has 0 aliphatic carbocycles. The van der Waals surface area contributed by atoms with Crippen LogP contribution in [0.2, 0.25) is 0 Å². The van der Waals surface area contributed by atoms with Crippen LogP contribution in [0.1, 0.15) is 284 Å². The molecule has 0 aromatic carbocycles. The molecule has 5 nitrogen and oxygen atoms in total. The van der Waals surface area contributed by atoms with Crippen molar-refractivity contribution >= 4 is 11.9 Å². The summed E-state index contributed by atoms with van der Waals surface area (Å²) >= 11 is 0. The third kappa shape index (κ3) is 69.5. The summed E-state index contributed by atoms with van der Waals surface area (Å²) in [5, 5.41) is 9.70. The maximum Gasteiger partial charge on any atom is 0.306 e. The molecule has 0 heterocycles.